The normalized spacial score (nSPS) is 10.7. The minimum Gasteiger partial charge on any atom is -0.294 e. The Hall–Kier alpha value is -0.700. The van der Waals surface area contributed by atoms with Crippen LogP contribution < -0.4 is 0 Å². The Kier molecular flexibility index (Phi) is 7.96. The highest BCUT2D eigenvalue weighted by atomic mass is 79.9. The lowest BCUT2D eigenvalue weighted by atomic mass is 10.0. The maximum Gasteiger partial charge on any atom is 0.166 e. The fraction of sp³-hybridized carbons (Fsp3) is 0.562. The third-order valence-electron chi connectivity index (χ3n) is 3.25. The summed E-state index contributed by atoms with van der Waals surface area (Å²) in [5.74, 6) is -0.527. The van der Waals surface area contributed by atoms with Crippen molar-refractivity contribution in [2.24, 2.45) is 0 Å². The van der Waals surface area contributed by atoms with E-state index in [1.807, 2.05) is 0 Å². The predicted octanol–water partition coefficient (Wildman–Crippen LogP) is 5.91. The highest BCUT2D eigenvalue weighted by Crippen LogP contribution is 2.22. The molecule has 0 aliphatic heterocycles. The molecule has 0 aliphatic rings. The first-order valence-electron chi connectivity index (χ1n) is 7.14. The van der Waals surface area contributed by atoms with Gasteiger partial charge >= 0.3 is 0 Å². The van der Waals surface area contributed by atoms with Gasteiger partial charge in [-0.15, -0.1) is 0 Å². The van der Waals surface area contributed by atoms with Gasteiger partial charge in [0, 0.05) is 10.9 Å². The summed E-state index contributed by atoms with van der Waals surface area (Å²) in [7, 11) is 0. The van der Waals surface area contributed by atoms with Crippen molar-refractivity contribution < 1.29 is 9.18 Å². The standard InChI is InChI=1S/C16H22BrFO/c1-2-3-4-5-6-7-8-12-15(19)16-13(17)10-9-11-14(16)18/h9-11H,2-8,12H2,1H3. The van der Waals surface area contributed by atoms with E-state index in [4.69, 9.17) is 0 Å². The monoisotopic (exact) mass is 328 g/mol. The summed E-state index contributed by atoms with van der Waals surface area (Å²) < 4.78 is 14.1. The number of ketones is 1. The molecule has 1 rings (SSSR count). The van der Waals surface area contributed by atoms with Gasteiger partial charge in [0.2, 0.25) is 0 Å². The fourth-order valence-corrected chi connectivity index (χ4v) is 2.69. The molecular formula is C16H22BrFO. The molecule has 0 saturated carbocycles. The summed E-state index contributed by atoms with van der Waals surface area (Å²) in [4.78, 5) is 12.0. The molecule has 19 heavy (non-hydrogen) atoms. The summed E-state index contributed by atoms with van der Waals surface area (Å²) in [6, 6.07) is 4.65. The number of Topliss-reactive ketones (excluding diaryl/α,β-unsaturated/α-hetero) is 1. The third-order valence-corrected chi connectivity index (χ3v) is 3.91. The van der Waals surface area contributed by atoms with E-state index in [9.17, 15) is 9.18 Å². The minimum absolute atomic E-state index is 0.0986. The van der Waals surface area contributed by atoms with Gasteiger partial charge in [0.05, 0.1) is 5.56 Å². The lowest BCUT2D eigenvalue weighted by Crippen LogP contribution is -2.03. The number of hydrogen-bond acceptors (Lipinski definition) is 1. The van der Waals surface area contributed by atoms with Crippen LogP contribution in [0, 0.1) is 5.82 Å². The first-order chi connectivity index (χ1) is 9.16. The maximum atomic E-state index is 13.6. The molecule has 0 heterocycles. The molecule has 0 aliphatic carbocycles. The zero-order valence-corrected chi connectivity index (χ0v) is 13.1. The summed E-state index contributed by atoms with van der Waals surface area (Å²) in [6.45, 7) is 2.20. The lowest BCUT2D eigenvalue weighted by molar-refractivity contribution is 0.0974. The van der Waals surface area contributed by atoms with Crippen molar-refractivity contribution in [3.63, 3.8) is 0 Å². The van der Waals surface area contributed by atoms with Crippen LogP contribution in [0.3, 0.4) is 0 Å². The smallest absolute Gasteiger partial charge is 0.166 e. The van der Waals surface area contributed by atoms with Crippen LogP contribution in [0.5, 0.6) is 0 Å². The Labute approximate surface area is 123 Å². The van der Waals surface area contributed by atoms with Gasteiger partial charge in [-0.1, -0.05) is 51.5 Å². The molecule has 0 aromatic heterocycles. The maximum absolute atomic E-state index is 13.6. The van der Waals surface area contributed by atoms with Crippen molar-refractivity contribution in [1.29, 1.82) is 0 Å². The Morgan fingerprint density at radius 2 is 1.74 bits per heavy atom. The van der Waals surface area contributed by atoms with E-state index in [0.29, 0.717) is 10.9 Å². The third kappa shape index (κ3) is 5.85. The molecule has 0 unspecified atom stereocenters. The molecule has 1 aromatic carbocycles. The summed E-state index contributed by atoms with van der Waals surface area (Å²) >= 11 is 3.24. The molecular weight excluding hydrogens is 307 g/mol. The van der Waals surface area contributed by atoms with Crippen molar-refractivity contribution in [3.05, 3.63) is 34.1 Å². The van der Waals surface area contributed by atoms with E-state index < -0.39 is 5.82 Å². The van der Waals surface area contributed by atoms with E-state index >= 15 is 0 Å². The Balaban J connectivity index is 2.28. The van der Waals surface area contributed by atoms with Crippen LogP contribution in [0.2, 0.25) is 0 Å². The van der Waals surface area contributed by atoms with Crippen molar-refractivity contribution in [1.82, 2.24) is 0 Å². The van der Waals surface area contributed by atoms with Crippen LogP contribution in [0.25, 0.3) is 0 Å². The van der Waals surface area contributed by atoms with E-state index in [2.05, 4.69) is 22.9 Å². The van der Waals surface area contributed by atoms with E-state index in [-0.39, 0.29) is 11.3 Å². The molecule has 106 valence electrons. The van der Waals surface area contributed by atoms with E-state index in [0.717, 1.165) is 12.8 Å². The molecule has 0 spiro atoms. The number of carbonyl (C=O) groups excluding carboxylic acids is 1. The molecule has 0 saturated heterocycles. The topological polar surface area (TPSA) is 17.1 Å². The summed E-state index contributed by atoms with van der Waals surface area (Å²) in [5.41, 5.74) is 0.202. The molecule has 1 aromatic rings. The van der Waals surface area contributed by atoms with Gasteiger partial charge in [-0.3, -0.25) is 4.79 Å². The zero-order valence-electron chi connectivity index (χ0n) is 11.6. The van der Waals surface area contributed by atoms with E-state index in [1.165, 1.54) is 38.2 Å². The average Bonchev–Trinajstić information content (AvgIpc) is 2.37. The summed E-state index contributed by atoms with van der Waals surface area (Å²) in [6.07, 6.45) is 8.59. The first kappa shape index (κ1) is 16.4. The van der Waals surface area contributed by atoms with Crippen LogP contribution >= 0.6 is 15.9 Å². The van der Waals surface area contributed by atoms with Crippen LogP contribution in [0.1, 0.15) is 68.6 Å². The van der Waals surface area contributed by atoms with Crippen LogP contribution in [0.15, 0.2) is 22.7 Å². The number of benzene rings is 1. The molecule has 0 fully saturated rings. The van der Waals surface area contributed by atoms with Gasteiger partial charge in [0.1, 0.15) is 5.82 Å². The molecule has 3 heteroatoms. The Morgan fingerprint density at radius 3 is 2.37 bits per heavy atom. The van der Waals surface area contributed by atoms with Crippen molar-refractivity contribution in [2.45, 2.75) is 58.3 Å². The van der Waals surface area contributed by atoms with Gasteiger partial charge in [-0.05, 0) is 34.5 Å². The highest BCUT2D eigenvalue weighted by molar-refractivity contribution is 9.10. The number of halogens is 2. The molecule has 0 atom stereocenters. The minimum atomic E-state index is -0.428. The molecule has 1 nitrogen and oxygen atoms in total. The average molecular weight is 329 g/mol. The Morgan fingerprint density at radius 1 is 1.11 bits per heavy atom. The second kappa shape index (κ2) is 9.24. The molecule has 0 bridgehead atoms. The zero-order chi connectivity index (χ0) is 14.1. The SMILES string of the molecule is CCCCCCCCCC(=O)c1c(F)cccc1Br. The quantitative estimate of drug-likeness (QED) is 0.406. The lowest BCUT2D eigenvalue weighted by Gasteiger charge is -2.05. The first-order valence-corrected chi connectivity index (χ1v) is 7.93. The van der Waals surface area contributed by atoms with Gasteiger partial charge in [0.15, 0.2) is 5.78 Å². The van der Waals surface area contributed by atoms with Gasteiger partial charge < -0.3 is 0 Å². The molecule has 0 N–H and O–H groups in total. The number of carbonyl (C=O) groups is 1. The second-order valence-corrected chi connectivity index (χ2v) is 5.75. The fourth-order valence-electron chi connectivity index (χ4n) is 2.13. The second-order valence-electron chi connectivity index (χ2n) is 4.89. The van der Waals surface area contributed by atoms with Crippen molar-refractivity contribution >= 4 is 21.7 Å². The van der Waals surface area contributed by atoms with Gasteiger partial charge in [-0.25, -0.2) is 4.39 Å². The van der Waals surface area contributed by atoms with Crippen LogP contribution in [-0.4, -0.2) is 5.78 Å². The Bertz CT molecular complexity index is 383. The van der Waals surface area contributed by atoms with Crippen LogP contribution in [0.4, 0.5) is 4.39 Å². The van der Waals surface area contributed by atoms with Gasteiger partial charge in [0.25, 0.3) is 0 Å². The number of rotatable bonds is 9. The van der Waals surface area contributed by atoms with Gasteiger partial charge in [-0.2, -0.15) is 0 Å². The number of unbranched alkanes of at least 4 members (excludes halogenated alkanes) is 6. The molecule has 0 amide bonds. The molecule has 0 radical (unpaired) electrons. The summed E-state index contributed by atoms with van der Waals surface area (Å²) in [5, 5.41) is 0. The van der Waals surface area contributed by atoms with Crippen LogP contribution in [-0.2, 0) is 0 Å². The number of hydrogen-bond donors (Lipinski definition) is 0. The largest absolute Gasteiger partial charge is 0.294 e. The van der Waals surface area contributed by atoms with Crippen molar-refractivity contribution in [3.8, 4) is 0 Å². The predicted molar refractivity (Wildman–Crippen MR) is 81.0 cm³/mol. The van der Waals surface area contributed by atoms with E-state index in [1.54, 1.807) is 12.1 Å². The van der Waals surface area contributed by atoms with Crippen molar-refractivity contribution in [2.75, 3.05) is 0 Å². The highest BCUT2D eigenvalue weighted by Gasteiger charge is 2.14.